The minimum atomic E-state index is -0.914. The van der Waals surface area contributed by atoms with Gasteiger partial charge in [0.1, 0.15) is 28.5 Å². The van der Waals surface area contributed by atoms with Crippen molar-refractivity contribution < 1.29 is 23.9 Å². The second-order valence-electron chi connectivity index (χ2n) is 9.18. The van der Waals surface area contributed by atoms with Crippen molar-refractivity contribution >= 4 is 81.4 Å². The van der Waals surface area contributed by atoms with Crippen molar-refractivity contribution in [2.45, 2.75) is 16.7 Å². The molecule has 0 spiro atoms. The van der Waals surface area contributed by atoms with Crippen LogP contribution in [0.25, 0.3) is 10.4 Å². The molecular formula is C30H17Cl2N5O5S2. The summed E-state index contributed by atoms with van der Waals surface area (Å²) >= 11 is 14.0. The van der Waals surface area contributed by atoms with E-state index in [4.69, 9.17) is 33.7 Å². The molecule has 1 aliphatic heterocycles. The number of nitrogens with two attached hydrogens (primary N) is 1. The number of nitriles is 2. The van der Waals surface area contributed by atoms with Crippen molar-refractivity contribution in [2.24, 2.45) is 0 Å². The Balaban J connectivity index is 1.30. The monoisotopic (exact) mass is 661 g/mol. The van der Waals surface area contributed by atoms with E-state index in [9.17, 15) is 29.7 Å². The number of benzene rings is 2. The molecule has 3 heterocycles. The highest BCUT2D eigenvalue weighted by atomic mass is 35.5. The van der Waals surface area contributed by atoms with Gasteiger partial charge >= 0.3 is 5.97 Å². The van der Waals surface area contributed by atoms with Gasteiger partial charge < -0.3 is 10.5 Å². The summed E-state index contributed by atoms with van der Waals surface area (Å²) in [5, 5.41) is 21.1. The van der Waals surface area contributed by atoms with Crippen LogP contribution in [-0.2, 0) is 14.3 Å². The number of esters is 1. The Morgan fingerprint density at radius 2 is 1.75 bits per heavy atom. The van der Waals surface area contributed by atoms with Gasteiger partial charge in [0.15, 0.2) is 12.4 Å². The number of thioether (sulfide) groups is 1. The minimum absolute atomic E-state index is 0.0566. The highest BCUT2D eigenvalue weighted by Gasteiger charge is 2.41. The predicted molar refractivity (Wildman–Crippen MR) is 166 cm³/mol. The zero-order valence-corrected chi connectivity index (χ0v) is 25.4. The fraction of sp³-hybridized carbons (Fsp3) is 0.100. The summed E-state index contributed by atoms with van der Waals surface area (Å²) in [5.74, 6) is -2.40. The Kier molecular flexibility index (Phi) is 8.99. The molecule has 5 rings (SSSR count). The summed E-state index contributed by atoms with van der Waals surface area (Å²) < 4.78 is 5.11. The number of ether oxygens (including phenoxy) is 1. The minimum Gasteiger partial charge on any atom is -0.454 e. The van der Waals surface area contributed by atoms with Crippen LogP contribution < -0.4 is 10.6 Å². The van der Waals surface area contributed by atoms with E-state index in [1.807, 2.05) is 6.07 Å². The van der Waals surface area contributed by atoms with E-state index in [0.29, 0.717) is 10.4 Å². The van der Waals surface area contributed by atoms with Gasteiger partial charge in [-0.1, -0.05) is 41.0 Å². The number of anilines is 2. The standard InChI is InChI=1S/C30H17Cl2N5O5S2/c31-20-8-5-16(10-21(20)32)22(38)14-42-30(41)15-3-6-17(7-4-15)37-25(39)11-24(29(37)40)44-28-19(13-34)26(23-2-1-9-43-23)18(12-33)27(35)36-28/h1-10,24H,11,14H2,(H2,35,36). The van der Waals surface area contributed by atoms with Crippen LogP contribution in [0.5, 0.6) is 0 Å². The van der Waals surface area contributed by atoms with Gasteiger partial charge in [-0.05, 0) is 53.9 Å². The fourth-order valence-corrected chi connectivity index (χ4v) is 6.57. The Labute approximate surface area is 268 Å². The van der Waals surface area contributed by atoms with E-state index in [0.717, 1.165) is 16.7 Å². The Morgan fingerprint density at radius 1 is 1.05 bits per heavy atom. The first-order chi connectivity index (χ1) is 21.1. The zero-order valence-electron chi connectivity index (χ0n) is 22.2. The number of hydrogen-bond acceptors (Lipinski definition) is 11. The van der Waals surface area contributed by atoms with E-state index in [2.05, 4.69) is 11.1 Å². The normalized spacial score (nSPS) is 14.3. The zero-order chi connectivity index (χ0) is 31.5. The molecule has 2 N–H and O–H groups in total. The fourth-order valence-electron chi connectivity index (χ4n) is 4.37. The van der Waals surface area contributed by atoms with Gasteiger partial charge in [0, 0.05) is 22.4 Å². The number of carbonyl (C=O) groups is 4. The van der Waals surface area contributed by atoms with Crippen molar-refractivity contribution in [3.05, 3.63) is 92.3 Å². The van der Waals surface area contributed by atoms with E-state index in [1.54, 1.807) is 17.5 Å². The maximum atomic E-state index is 13.4. The lowest BCUT2D eigenvalue weighted by atomic mass is 10.0. The van der Waals surface area contributed by atoms with Gasteiger partial charge in [-0.25, -0.2) is 14.7 Å². The number of aromatic nitrogens is 1. The molecule has 1 aliphatic rings. The summed E-state index contributed by atoms with van der Waals surface area (Å²) in [6.07, 6.45) is -0.176. The number of nitrogen functional groups attached to an aromatic ring is 1. The number of nitrogens with zero attached hydrogens (tertiary/aromatic N) is 4. The first-order valence-corrected chi connectivity index (χ1v) is 15.1. The number of ketones is 1. The summed E-state index contributed by atoms with van der Waals surface area (Å²) in [5.41, 5.74) is 7.07. The molecule has 2 amide bonds. The molecule has 0 saturated carbocycles. The summed E-state index contributed by atoms with van der Waals surface area (Å²) in [6, 6.07) is 17.4. The van der Waals surface area contributed by atoms with Crippen LogP contribution in [-0.4, -0.2) is 40.4 Å². The van der Waals surface area contributed by atoms with Crippen LogP contribution in [0.15, 0.2) is 65.0 Å². The van der Waals surface area contributed by atoms with Crippen molar-refractivity contribution in [1.29, 1.82) is 10.5 Å². The predicted octanol–water partition coefficient (Wildman–Crippen LogP) is 5.91. The molecule has 2 aromatic heterocycles. The van der Waals surface area contributed by atoms with E-state index in [-0.39, 0.29) is 55.3 Å². The van der Waals surface area contributed by atoms with Crippen LogP contribution in [0.2, 0.25) is 10.0 Å². The van der Waals surface area contributed by atoms with E-state index < -0.39 is 35.4 Å². The molecule has 14 heteroatoms. The highest BCUT2D eigenvalue weighted by molar-refractivity contribution is 8.00. The molecule has 0 aliphatic carbocycles. The van der Waals surface area contributed by atoms with Gasteiger partial charge in [-0.2, -0.15) is 10.5 Å². The first kappa shape index (κ1) is 30.7. The second-order valence-corrected chi connectivity index (χ2v) is 12.1. The van der Waals surface area contributed by atoms with Crippen molar-refractivity contribution in [3.8, 4) is 22.6 Å². The number of thiophene rings is 1. The molecule has 0 radical (unpaired) electrons. The number of Topliss-reactive ketones (excluding diaryl/α,β-unsaturated/α-hetero) is 1. The smallest absolute Gasteiger partial charge is 0.338 e. The molecule has 1 fully saturated rings. The molecule has 4 aromatic rings. The SMILES string of the molecule is N#Cc1c(N)nc(SC2CC(=O)N(c3ccc(C(=O)OCC(=O)c4ccc(Cl)c(Cl)c4)cc3)C2=O)c(C#N)c1-c1cccs1. The van der Waals surface area contributed by atoms with Gasteiger partial charge in [-0.3, -0.25) is 14.4 Å². The Bertz CT molecular complexity index is 1920. The van der Waals surface area contributed by atoms with Crippen molar-refractivity contribution in [1.82, 2.24) is 4.98 Å². The molecule has 1 unspecified atom stereocenters. The van der Waals surface area contributed by atoms with Crippen LogP contribution in [0.3, 0.4) is 0 Å². The number of rotatable bonds is 8. The van der Waals surface area contributed by atoms with E-state index >= 15 is 0 Å². The third-order valence-corrected chi connectivity index (χ3v) is 9.28. The number of amides is 2. The maximum Gasteiger partial charge on any atom is 0.338 e. The first-order valence-electron chi connectivity index (χ1n) is 12.6. The third-order valence-electron chi connectivity index (χ3n) is 6.48. The lowest BCUT2D eigenvalue weighted by Crippen LogP contribution is -2.31. The summed E-state index contributed by atoms with van der Waals surface area (Å²) in [6.45, 7) is -0.534. The average molecular weight is 663 g/mol. The molecular weight excluding hydrogens is 645 g/mol. The molecule has 10 nitrogen and oxygen atoms in total. The molecule has 44 heavy (non-hydrogen) atoms. The van der Waals surface area contributed by atoms with Crippen molar-refractivity contribution in [2.75, 3.05) is 17.2 Å². The Morgan fingerprint density at radius 3 is 2.39 bits per heavy atom. The number of pyridine rings is 1. The van der Waals surface area contributed by atoms with Crippen LogP contribution in [0.4, 0.5) is 11.5 Å². The number of halogens is 2. The molecule has 218 valence electrons. The quantitative estimate of drug-likeness (QED) is 0.136. The second kappa shape index (κ2) is 12.9. The van der Waals surface area contributed by atoms with Gasteiger partial charge in [0.2, 0.25) is 11.8 Å². The van der Waals surface area contributed by atoms with Crippen LogP contribution in [0.1, 0.15) is 38.3 Å². The lowest BCUT2D eigenvalue weighted by Gasteiger charge is -2.16. The summed E-state index contributed by atoms with van der Waals surface area (Å²) in [7, 11) is 0. The average Bonchev–Trinajstić information content (AvgIpc) is 3.64. The maximum absolute atomic E-state index is 13.4. The summed E-state index contributed by atoms with van der Waals surface area (Å²) in [4.78, 5) is 57.0. The third kappa shape index (κ3) is 6.02. The molecule has 0 bridgehead atoms. The molecule has 1 atom stereocenters. The van der Waals surface area contributed by atoms with Crippen LogP contribution >= 0.6 is 46.3 Å². The molecule has 2 aromatic carbocycles. The van der Waals surface area contributed by atoms with E-state index in [1.165, 1.54) is 53.8 Å². The van der Waals surface area contributed by atoms with Crippen LogP contribution in [0, 0.1) is 22.7 Å². The van der Waals surface area contributed by atoms with Crippen molar-refractivity contribution in [3.63, 3.8) is 0 Å². The number of hydrogen-bond donors (Lipinski definition) is 1. The largest absolute Gasteiger partial charge is 0.454 e. The Hall–Kier alpha value is -4.72. The number of carbonyl (C=O) groups excluding carboxylic acids is 4. The number of imide groups is 1. The topological polar surface area (TPSA) is 167 Å². The van der Waals surface area contributed by atoms with Gasteiger partial charge in [-0.15, -0.1) is 11.3 Å². The highest BCUT2D eigenvalue weighted by Crippen LogP contribution is 2.41. The lowest BCUT2D eigenvalue weighted by molar-refractivity contribution is -0.121. The molecule has 1 saturated heterocycles. The van der Waals surface area contributed by atoms with Gasteiger partial charge in [0.05, 0.1) is 32.1 Å². The van der Waals surface area contributed by atoms with Gasteiger partial charge in [0.25, 0.3) is 0 Å².